The van der Waals surface area contributed by atoms with Crippen molar-refractivity contribution >= 4 is 17.1 Å². The van der Waals surface area contributed by atoms with Gasteiger partial charge in [0.05, 0.1) is 16.5 Å². The molecule has 9 aromatic rings. The molecule has 0 heterocycles. The van der Waals surface area contributed by atoms with Crippen molar-refractivity contribution in [2.45, 2.75) is 89.4 Å². The Morgan fingerprint density at radius 1 is 0.290 bits per heavy atom. The first-order valence-electron chi connectivity index (χ1n) is 24.8. The fraction of sp³-hybridized carbons (Fsp3) is 0.206. The minimum absolute atomic E-state index is 0.0279. The van der Waals surface area contributed by atoms with E-state index in [9.17, 15) is 0 Å². The lowest BCUT2D eigenvalue weighted by molar-refractivity contribution is 0.588. The highest BCUT2D eigenvalue weighted by atomic mass is 15.1. The standard InChI is InChI=1S/C68H63N/c1-64(2,3)46-31-37-50(38-32-46)67(51-39-33-47(34-40-51)65(4,5)6)59-28-19-17-26-57(59)63-60(67)29-20-30-62(63)69(53-23-14-11-15-24-53)54-43-44-56-55-25-16-18-27-58(55)68(61(56)45-54,49-21-12-10-13-22-49)52-41-35-48(36-42-52)66(7,8)9/h10-45H,1-9H3. The van der Waals surface area contributed by atoms with Gasteiger partial charge in [-0.3, -0.25) is 0 Å². The Hall–Kier alpha value is -7.22. The van der Waals surface area contributed by atoms with Crippen LogP contribution in [0.4, 0.5) is 17.1 Å². The van der Waals surface area contributed by atoms with E-state index in [2.05, 4.69) is 286 Å². The second kappa shape index (κ2) is 16.2. The molecule has 1 nitrogen and oxygen atoms in total. The predicted molar refractivity (Wildman–Crippen MR) is 292 cm³/mol. The molecule has 0 aromatic heterocycles. The summed E-state index contributed by atoms with van der Waals surface area (Å²) in [4.78, 5) is 2.53. The number of benzene rings is 9. The lowest BCUT2D eigenvalue weighted by Gasteiger charge is -2.36. The molecule has 0 spiro atoms. The summed E-state index contributed by atoms with van der Waals surface area (Å²) in [6.07, 6.45) is 0. The molecule has 340 valence electrons. The lowest BCUT2D eigenvalue weighted by Crippen LogP contribution is -2.29. The van der Waals surface area contributed by atoms with Gasteiger partial charge in [0.15, 0.2) is 0 Å². The summed E-state index contributed by atoms with van der Waals surface area (Å²) in [7, 11) is 0. The zero-order chi connectivity index (χ0) is 47.9. The molecule has 2 aliphatic rings. The van der Waals surface area contributed by atoms with Crippen molar-refractivity contribution in [3.63, 3.8) is 0 Å². The number of hydrogen-bond acceptors (Lipinski definition) is 1. The van der Waals surface area contributed by atoms with Crippen molar-refractivity contribution in [1.82, 2.24) is 0 Å². The molecule has 2 aliphatic carbocycles. The molecule has 0 amide bonds. The van der Waals surface area contributed by atoms with E-state index in [1.165, 1.54) is 83.5 Å². The van der Waals surface area contributed by atoms with Crippen molar-refractivity contribution in [3.05, 3.63) is 280 Å². The highest BCUT2D eigenvalue weighted by Gasteiger charge is 2.49. The van der Waals surface area contributed by atoms with Crippen molar-refractivity contribution in [1.29, 1.82) is 0 Å². The van der Waals surface area contributed by atoms with E-state index in [0.717, 1.165) is 17.1 Å². The molecule has 9 aromatic carbocycles. The topological polar surface area (TPSA) is 3.24 Å². The first-order chi connectivity index (χ1) is 33.1. The lowest BCUT2D eigenvalue weighted by atomic mass is 9.67. The molecule has 0 radical (unpaired) electrons. The summed E-state index contributed by atoms with van der Waals surface area (Å²) in [6.45, 7) is 20.7. The quantitative estimate of drug-likeness (QED) is 0.154. The van der Waals surface area contributed by atoms with E-state index in [0.29, 0.717) is 0 Å². The summed E-state index contributed by atoms with van der Waals surface area (Å²) in [5, 5.41) is 0. The van der Waals surface area contributed by atoms with Gasteiger partial charge in [-0.1, -0.05) is 250 Å². The van der Waals surface area contributed by atoms with Gasteiger partial charge in [-0.2, -0.15) is 0 Å². The third-order valence-corrected chi connectivity index (χ3v) is 15.3. The Morgan fingerprint density at radius 3 is 1.19 bits per heavy atom. The summed E-state index contributed by atoms with van der Waals surface area (Å²) in [5.74, 6) is 0. The third-order valence-electron chi connectivity index (χ3n) is 15.3. The molecule has 1 atom stereocenters. The second-order valence-corrected chi connectivity index (χ2v) is 22.5. The highest BCUT2D eigenvalue weighted by molar-refractivity contribution is 5.98. The second-order valence-electron chi connectivity index (χ2n) is 22.5. The Bertz CT molecular complexity index is 3280. The van der Waals surface area contributed by atoms with Gasteiger partial charge < -0.3 is 4.90 Å². The van der Waals surface area contributed by atoms with Crippen LogP contribution < -0.4 is 4.90 Å². The number of fused-ring (bicyclic) bond motifs is 6. The van der Waals surface area contributed by atoms with Crippen LogP contribution in [0.15, 0.2) is 218 Å². The van der Waals surface area contributed by atoms with E-state index in [1.807, 2.05) is 0 Å². The van der Waals surface area contributed by atoms with Crippen LogP contribution in [0.25, 0.3) is 22.3 Å². The van der Waals surface area contributed by atoms with Crippen molar-refractivity contribution < 1.29 is 0 Å². The zero-order valence-electron chi connectivity index (χ0n) is 41.7. The third kappa shape index (κ3) is 6.95. The maximum Gasteiger partial charge on any atom is 0.0714 e. The largest absolute Gasteiger partial charge is 0.310 e. The molecule has 0 bridgehead atoms. The molecular formula is C68H63N. The van der Waals surface area contributed by atoms with Gasteiger partial charge >= 0.3 is 0 Å². The van der Waals surface area contributed by atoms with Crippen LogP contribution in [0, 0.1) is 0 Å². The molecule has 0 saturated carbocycles. The van der Waals surface area contributed by atoms with Crippen LogP contribution in [0.2, 0.25) is 0 Å². The maximum absolute atomic E-state index is 2.53. The average molecular weight is 894 g/mol. The van der Waals surface area contributed by atoms with Gasteiger partial charge in [0.2, 0.25) is 0 Å². The minimum atomic E-state index is -0.571. The maximum atomic E-state index is 2.53. The molecule has 0 saturated heterocycles. The first-order valence-corrected chi connectivity index (χ1v) is 24.8. The number of hydrogen-bond donors (Lipinski definition) is 0. The first kappa shape index (κ1) is 44.3. The molecular weight excluding hydrogens is 831 g/mol. The van der Waals surface area contributed by atoms with Gasteiger partial charge in [-0.25, -0.2) is 0 Å². The number of rotatable bonds is 7. The van der Waals surface area contributed by atoms with Crippen LogP contribution in [-0.4, -0.2) is 0 Å². The summed E-state index contributed by atoms with van der Waals surface area (Å²) >= 11 is 0. The molecule has 1 unspecified atom stereocenters. The Balaban J connectivity index is 1.19. The smallest absolute Gasteiger partial charge is 0.0714 e. The number of para-hydroxylation sites is 1. The van der Waals surface area contributed by atoms with Gasteiger partial charge in [0.1, 0.15) is 0 Å². The Labute approximate surface area is 411 Å². The van der Waals surface area contributed by atoms with E-state index in [1.54, 1.807) is 0 Å². The van der Waals surface area contributed by atoms with Crippen LogP contribution in [0.3, 0.4) is 0 Å². The van der Waals surface area contributed by atoms with Gasteiger partial charge in [0.25, 0.3) is 0 Å². The summed E-state index contributed by atoms with van der Waals surface area (Å²) in [5.41, 5.74) is 21.7. The molecule has 0 aliphatic heterocycles. The normalized spacial score (nSPS) is 15.8. The monoisotopic (exact) mass is 893 g/mol. The molecule has 1 heteroatoms. The van der Waals surface area contributed by atoms with Gasteiger partial charge in [0, 0.05) is 16.9 Å². The minimum Gasteiger partial charge on any atom is -0.310 e. The number of anilines is 3. The number of nitrogens with zero attached hydrogens (tertiary/aromatic N) is 1. The van der Waals surface area contributed by atoms with Crippen molar-refractivity contribution in [2.24, 2.45) is 0 Å². The van der Waals surface area contributed by atoms with E-state index < -0.39 is 10.8 Å². The summed E-state index contributed by atoms with van der Waals surface area (Å²) < 4.78 is 0. The summed E-state index contributed by atoms with van der Waals surface area (Å²) in [6, 6.07) is 83.3. The Morgan fingerprint density at radius 2 is 0.681 bits per heavy atom. The van der Waals surface area contributed by atoms with Gasteiger partial charge in [-0.15, -0.1) is 0 Å². The SMILES string of the molecule is CC(C)(C)c1ccc(C2(c3ccccc3)c3ccccc3-c3ccc(N(c4ccccc4)c4cccc5c4-c4ccccc4C5(c4ccc(C(C)(C)C)cc4)c4ccc(C(C)(C)C)cc4)cc32)cc1. The molecule has 69 heavy (non-hydrogen) atoms. The Kier molecular flexibility index (Phi) is 10.4. The fourth-order valence-corrected chi connectivity index (χ4v) is 11.8. The highest BCUT2D eigenvalue weighted by Crippen LogP contribution is 2.61. The average Bonchev–Trinajstić information content (AvgIpc) is 3.83. The molecule has 0 N–H and O–H groups in total. The predicted octanol–water partition coefficient (Wildman–Crippen LogP) is 17.8. The molecule has 11 rings (SSSR count). The zero-order valence-corrected chi connectivity index (χ0v) is 41.7. The van der Waals surface area contributed by atoms with Crippen LogP contribution in [0.1, 0.15) is 124 Å². The van der Waals surface area contributed by atoms with E-state index >= 15 is 0 Å². The fourth-order valence-electron chi connectivity index (χ4n) is 11.8. The van der Waals surface area contributed by atoms with Crippen LogP contribution in [0.5, 0.6) is 0 Å². The van der Waals surface area contributed by atoms with Crippen molar-refractivity contribution in [2.75, 3.05) is 4.90 Å². The molecule has 0 fully saturated rings. The van der Waals surface area contributed by atoms with E-state index in [4.69, 9.17) is 0 Å². The van der Waals surface area contributed by atoms with Crippen LogP contribution in [-0.2, 0) is 27.1 Å². The van der Waals surface area contributed by atoms with Crippen LogP contribution >= 0.6 is 0 Å². The van der Waals surface area contributed by atoms with Crippen molar-refractivity contribution in [3.8, 4) is 22.3 Å². The van der Waals surface area contributed by atoms with E-state index in [-0.39, 0.29) is 16.2 Å². The van der Waals surface area contributed by atoms with Gasteiger partial charge in [-0.05, 0) is 124 Å².